The maximum atomic E-state index is 13.1. The zero-order valence-corrected chi connectivity index (χ0v) is 15.9. The van der Waals surface area contributed by atoms with E-state index in [1.165, 1.54) is 24.4 Å². The number of aliphatic carboxylic acids is 1. The molecule has 0 aliphatic carbocycles. The fraction of sp³-hybridized carbons (Fsp3) is 0.111. The number of fused-ring (bicyclic) bond motifs is 1. The summed E-state index contributed by atoms with van der Waals surface area (Å²) in [5.41, 5.74) is 1.16. The predicted molar refractivity (Wildman–Crippen MR) is 100 cm³/mol. The van der Waals surface area contributed by atoms with E-state index < -0.39 is 36.4 Å². The smallest absolute Gasteiger partial charge is 0.475 e. The normalized spacial score (nSPS) is 10.7. The van der Waals surface area contributed by atoms with Crippen molar-refractivity contribution in [2.45, 2.75) is 6.18 Å². The molecule has 2 heterocycles. The number of carboxylic acid groups (broad SMARTS) is 1. The zero-order valence-electron chi connectivity index (χ0n) is 15.2. The summed E-state index contributed by atoms with van der Waals surface area (Å²) >= 11 is 5.63. The van der Waals surface area contributed by atoms with Crippen molar-refractivity contribution in [1.29, 1.82) is 0 Å². The third-order valence-corrected chi connectivity index (χ3v) is 3.75. The lowest BCUT2D eigenvalue weighted by atomic mass is 10.2. The highest BCUT2D eigenvalue weighted by molar-refractivity contribution is 6.31. The fourth-order valence-electron chi connectivity index (χ4n) is 2.12. The van der Waals surface area contributed by atoms with Crippen LogP contribution in [-0.4, -0.2) is 45.7 Å². The van der Waals surface area contributed by atoms with Crippen molar-refractivity contribution in [2.75, 3.05) is 11.9 Å². The quantitative estimate of drug-likeness (QED) is 0.401. The number of carbonyl (C=O) groups is 3. The minimum atomic E-state index is -5.08. The molecule has 0 unspecified atom stereocenters. The Labute approximate surface area is 175 Å². The average molecular weight is 462 g/mol. The largest absolute Gasteiger partial charge is 0.490 e. The molecular formula is C18H12ClF4N3O5. The number of hydrogen-bond acceptors (Lipinski definition) is 5. The van der Waals surface area contributed by atoms with Gasteiger partial charge in [-0.2, -0.15) is 13.2 Å². The topological polar surface area (TPSA) is 121 Å². The summed E-state index contributed by atoms with van der Waals surface area (Å²) in [7, 11) is 0. The van der Waals surface area contributed by atoms with E-state index >= 15 is 0 Å². The van der Waals surface area contributed by atoms with Crippen molar-refractivity contribution in [3.63, 3.8) is 0 Å². The zero-order chi connectivity index (χ0) is 23.2. The van der Waals surface area contributed by atoms with Crippen LogP contribution in [0, 0.1) is 5.82 Å². The van der Waals surface area contributed by atoms with Crippen LogP contribution in [0.15, 0.2) is 42.7 Å². The van der Waals surface area contributed by atoms with Crippen LogP contribution in [0.4, 0.5) is 23.2 Å². The van der Waals surface area contributed by atoms with Gasteiger partial charge in [0.2, 0.25) is 0 Å². The van der Waals surface area contributed by atoms with Gasteiger partial charge in [-0.05, 0) is 30.3 Å². The molecule has 0 aliphatic rings. The first kappa shape index (κ1) is 23.6. The van der Waals surface area contributed by atoms with Crippen LogP contribution in [0.25, 0.3) is 11.0 Å². The number of esters is 1. The van der Waals surface area contributed by atoms with Crippen molar-refractivity contribution >= 4 is 46.2 Å². The summed E-state index contributed by atoms with van der Waals surface area (Å²) in [6, 6.07) is 6.95. The molecule has 0 radical (unpaired) electrons. The number of ether oxygens (including phenoxy) is 1. The lowest BCUT2D eigenvalue weighted by Gasteiger charge is -2.07. The van der Waals surface area contributed by atoms with Gasteiger partial charge in [0.15, 0.2) is 6.61 Å². The van der Waals surface area contributed by atoms with Crippen LogP contribution in [-0.2, 0) is 14.3 Å². The van der Waals surface area contributed by atoms with E-state index in [1.54, 1.807) is 12.3 Å². The molecule has 0 atom stereocenters. The van der Waals surface area contributed by atoms with Gasteiger partial charge in [0.25, 0.3) is 5.91 Å². The Hall–Kier alpha value is -3.67. The molecule has 164 valence electrons. The molecule has 3 rings (SSSR count). The summed E-state index contributed by atoms with van der Waals surface area (Å²) in [4.78, 5) is 39.8. The van der Waals surface area contributed by atoms with Gasteiger partial charge < -0.3 is 20.1 Å². The van der Waals surface area contributed by atoms with Crippen LogP contribution in [0.3, 0.4) is 0 Å². The number of aromatic amines is 1. The molecule has 0 spiro atoms. The fourth-order valence-corrected chi connectivity index (χ4v) is 2.30. The summed E-state index contributed by atoms with van der Waals surface area (Å²) < 4.78 is 49.8. The Bertz CT molecular complexity index is 1120. The molecule has 1 aromatic carbocycles. The number of carbonyl (C=O) groups excluding carboxylic acids is 2. The van der Waals surface area contributed by atoms with Crippen molar-refractivity contribution < 1.29 is 41.8 Å². The number of aromatic nitrogens is 2. The van der Waals surface area contributed by atoms with Crippen molar-refractivity contribution in [3.8, 4) is 0 Å². The van der Waals surface area contributed by atoms with E-state index in [-0.39, 0.29) is 5.02 Å². The number of carboxylic acids is 1. The third kappa shape index (κ3) is 6.67. The SMILES string of the molecule is O=C(COC(=O)c1ccnc2[nH]ccc12)Nc1ccc(F)c(Cl)c1.O=C(O)C(F)(F)F. The van der Waals surface area contributed by atoms with Gasteiger partial charge in [-0.15, -0.1) is 0 Å². The van der Waals surface area contributed by atoms with Crippen LogP contribution >= 0.6 is 11.6 Å². The highest BCUT2D eigenvalue weighted by Crippen LogP contribution is 2.19. The molecule has 0 saturated heterocycles. The van der Waals surface area contributed by atoms with Gasteiger partial charge in [0.05, 0.1) is 10.6 Å². The minimum Gasteiger partial charge on any atom is -0.475 e. The Morgan fingerprint density at radius 3 is 2.48 bits per heavy atom. The standard InChI is InChI=1S/C16H11ClFN3O3.C2HF3O2/c17-12-7-9(1-2-13(12)18)21-14(22)8-24-16(23)11-4-6-20-15-10(11)3-5-19-15;3-2(4,5)1(6)7/h1-7H,8H2,(H,19,20)(H,21,22);(H,6,7). The second-order valence-corrected chi connectivity index (χ2v) is 6.06. The predicted octanol–water partition coefficient (Wildman–Crippen LogP) is 3.78. The van der Waals surface area contributed by atoms with Crippen molar-refractivity contribution in [1.82, 2.24) is 9.97 Å². The van der Waals surface area contributed by atoms with E-state index in [9.17, 15) is 27.2 Å². The van der Waals surface area contributed by atoms with Gasteiger partial charge in [-0.3, -0.25) is 4.79 Å². The number of amides is 1. The number of hydrogen-bond donors (Lipinski definition) is 3. The van der Waals surface area contributed by atoms with Gasteiger partial charge >= 0.3 is 18.1 Å². The van der Waals surface area contributed by atoms with E-state index in [4.69, 9.17) is 26.2 Å². The number of nitrogens with one attached hydrogen (secondary N) is 2. The molecule has 8 nitrogen and oxygen atoms in total. The average Bonchev–Trinajstić information content (AvgIpc) is 3.17. The number of nitrogens with zero attached hydrogens (tertiary/aromatic N) is 1. The lowest BCUT2D eigenvalue weighted by Crippen LogP contribution is -2.21. The number of halogens is 5. The first-order valence-corrected chi connectivity index (χ1v) is 8.51. The molecule has 3 N–H and O–H groups in total. The second-order valence-electron chi connectivity index (χ2n) is 5.65. The number of rotatable bonds is 4. The molecule has 0 fully saturated rings. The maximum Gasteiger partial charge on any atom is 0.490 e. The van der Waals surface area contributed by atoms with Crippen LogP contribution in [0.1, 0.15) is 10.4 Å². The van der Waals surface area contributed by atoms with E-state index in [1.807, 2.05) is 0 Å². The molecule has 0 bridgehead atoms. The second kappa shape index (κ2) is 9.89. The number of H-pyrrole nitrogens is 1. The first-order chi connectivity index (χ1) is 14.5. The van der Waals surface area contributed by atoms with Crippen molar-refractivity contribution in [3.05, 3.63) is 59.1 Å². The van der Waals surface area contributed by atoms with Crippen molar-refractivity contribution in [2.24, 2.45) is 0 Å². The Morgan fingerprint density at radius 2 is 1.87 bits per heavy atom. The first-order valence-electron chi connectivity index (χ1n) is 8.13. The Morgan fingerprint density at radius 1 is 1.19 bits per heavy atom. The number of alkyl halides is 3. The molecule has 0 aliphatic heterocycles. The molecule has 13 heteroatoms. The van der Waals surface area contributed by atoms with Gasteiger partial charge in [-0.25, -0.2) is 19.0 Å². The van der Waals surface area contributed by atoms with Crippen LogP contribution in [0.2, 0.25) is 5.02 Å². The molecule has 3 aromatic rings. The van der Waals surface area contributed by atoms with Gasteiger partial charge in [-0.1, -0.05) is 11.6 Å². The van der Waals surface area contributed by atoms with Gasteiger partial charge in [0.1, 0.15) is 11.5 Å². The minimum absolute atomic E-state index is 0.114. The van der Waals surface area contributed by atoms with E-state index in [0.717, 1.165) is 6.07 Å². The number of benzene rings is 1. The summed E-state index contributed by atoms with van der Waals surface area (Å²) in [5.74, 6) is -4.55. The Kier molecular flexibility index (Phi) is 7.53. The third-order valence-electron chi connectivity index (χ3n) is 3.46. The summed E-state index contributed by atoms with van der Waals surface area (Å²) in [6.45, 7) is -0.484. The molecular weight excluding hydrogens is 450 g/mol. The number of anilines is 1. The van der Waals surface area contributed by atoms with Crippen LogP contribution in [0.5, 0.6) is 0 Å². The molecule has 31 heavy (non-hydrogen) atoms. The van der Waals surface area contributed by atoms with E-state index in [2.05, 4.69) is 15.3 Å². The summed E-state index contributed by atoms with van der Waals surface area (Å²) in [5, 5.41) is 10.1. The van der Waals surface area contributed by atoms with E-state index in [0.29, 0.717) is 22.3 Å². The number of pyridine rings is 1. The summed E-state index contributed by atoms with van der Waals surface area (Å²) in [6.07, 6.45) is -1.96. The Balaban J connectivity index is 0.000000423. The molecule has 1 amide bonds. The molecule has 0 saturated carbocycles. The monoisotopic (exact) mass is 461 g/mol. The molecule has 2 aromatic heterocycles. The maximum absolute atomic E-state index is 13.1. The highest BCUT2D eigenvalue weighted by Gasteiger charge is 2.38. The lowest BCUT2D eigenvalue weighted by molar-refractivity contribution is -0.192. The highest BCUT2D eigenvalue weighted by atomic mass is 35.5. The van der Waals surface area contributed by atoms with Crippen LogP contribution < -0.4 is 5.32 Å². The van der Waals surface area contributed by atoms with Gasteiger partial charge in [0, 0.05) is 23.5 Å².